The molecule has 1 atom stereocenters. The molecule has 106 valence electrons. The fraction of sp³-hybridized carbons (Fsp3) is 0.188. The van der Waals surface area contributed by atoms with Crippen LogP contribution in [0.15, 0.2) is 59.7 Å². The molecule has 0 saturated carbocycles. The number of aliphatic imine (C=N–C) groups is 1. The summed E-state index contributed by atoms with van der Waals surface area (Å²) in [6.07, 6.45) is 6.52. The van der Waals surface area contributed by atoms with Crippen molar-refractivity contribution in [2.24, 2.45) is 4.99 Å². The average molecular weight is 281 g/mol. The number of amides is 1. The molecule has 5 nitrogen and oxygen atoms in total. The van der Waals surface area contributed by atoms with E-state index >= 15 is 0 Å². The van der Waals surface area contributed by atoms with Crippen molar-refractivity contribution < 1.29 is 9.28 Å². The fourth-order valence-electron chi connectivity index (χ4n) is 2.63. The van der Waals surface area contributed by atoms with Gasteiger partial charge in [0.25, 0.3) is 0 Å². The third-order valence-corrected chi connectivity index (χ3v) is 3.94. The molecular formula is C16H17N4O+. The second-order valence-corrected chi connectivity index (χ2v) is 4.98. The van der Waals surface area contributed by atoms with E-state index in [0.717, 1.165) is 17.0 Å². The quantitative estimate of drug-likeness (QED) is 0.794. The highest BCUT2D eigenvalue weighted by Crippen LogP contribution is 2.32. The molecule has 1 aliphatic heterocycles. The van der Waals surface area contributed by atoms with Crippen molar-refractivity contribution in [3.8, 4) is 0 Å². The van der Waals surface area contributed by atoms with Gasteiger partial charge in [0.15, 0.2) is 0 Å². The summed E-state index contributed by atoms with van der Waals surface area (Å²) in [5, 5.41) is 0. The first-order valence-corrected chi connectivity index (χ1v) is 6.92. The summed E-state index contributed by atoms with van der Waals surface area (Å²) in [6.45, 7) is 4.56. The number of rotatable bonds is 2. The lowest BCUT2D eigenvalue weighted by molar-refractivity contribution is -0.703. The molecule has 2 aromatic rings. The Labute approximate surface area is 123 Å². The van der Waals surface area contributed by atoms with Crippen LogP contribution < -0.4 is 0 Å². The maximum atomic E-state index is 12.8. The van der Waals surface area contributed by atoms with Crippen molar-refractivity contribution in [2.45, 2.75) is 13.8 Å². The van der Waals surface area contributed by atoms with Crippen LogP contribution in [-0.2, 0) is 0 Å². The van der Waals surface area contributed by atoms with Crippen LogP contribution in [0.4, 0.5) is 4.79 Å². The van der Waals surface area contributed by atoms with Crippen molar-refractivity contribution in [3.63, 3.8) is 0 Å². The van der Waals surface area contributed by atoms with Gasteiger partial charge in [-0.1, -0.05) is 30.3 Å². The van der Waals surface area contributed by atoms with E-state index in [2.05, 4.69) is 9.98 Å². The normalized spacial score (nSPS) is 21.0. The van der Waals surface area contributed by atoms with Gasteiger partial charge < -0.3 is 0 Å². The lowest BCUT2D eigenvalue weighted by Gasteiger charge is -2.26. The Morgan fingerprint density at radius 2 is 2.05 bits per heavy atom. The molecule has 5 heteroatoms. The minimum Gasteiger partial charge on any atom is -0.245 e. The van der Waals surface area contributed by atoms with Crippen molar-refractivity contribution >= 4 is 18.1 Å². The first-order chi connectivity index (χ1) is 10.2. The predicted octanol–water partition coefficient (Wildman–Crippen LogP) is 3.12. The van der Waals surface area contributed by atoms with Gasteiger partial charge in [-0.05, 0) is 6.92 Å². The Balaban J connectivity index is 2.08. The summed E-state index contributed by atoms with van der Waals surface area (Å²) in [7, 11) is 0. The molecule has 0 N–H and O–H groups in total. The Bertz CT molecular complexity index is 716. The van der Waals surface area contributed by atoms with Crippen LogP contribution in [0.1, 0.15) is 19.4 Å². The number of nitrogens with zero attached hydrogens (tertiary/aromatic N) is 4. The number of imidazole rings is 1. The van der Waals surface area contributed by atoms with Crippen LogP contribution in [-0.4, -0.2) is 32.9 Å². The Kier molecular flexibility index (Phi) is 3.27. The number of quaternary nitrogens is 1. The molecule has 0 spiro atoms. The monoisotopic (exact) mass is 281 g/mol. The standard InChI is InChI=1S/C16H17N4O/c1-3-20(16(21)19-10-9-17-11-19)12-18-15(13(20)2)14-7-5-4-6-8-14/h4-12H,3H2,1-2H3/q+1. The molecule has 1 aromatic carbocycles. The molecule has 1 unspecified atom stereocenters. The number of carbonyl (C=O) groups is 1. The first kappa shape index (κ1) is 13.5. The van der Waals surface area contributed by atoms with E-state index in [0.29, 0.717) is 6.54 Å². The van der Waals surface area contributed by atoms with Gasteiger partial charge in [-0.3, -0.25) is 0 Å². The van der Waals surface area contributed by atoms with Gasteiger partial charge in [0, 0.05) is 24.9 Å². The summed E-state index contributed by atoms with van der Waals surface area (Å²) in [4.78, 5) is 21.3. The van der Waals surface area contributed by atoms with Crippen LogP contribution in [0.5, 0.6) is 0 Å². The molecule has 1 amide bonds. The van der Waals surface area contributed by atoms with Gasteiger partial charge in [-0.2, -0.15) is 9.48 Å². The molecule has 3 rings (SSSR count). The number of carbonyl (C=O) groups excluding carboxylic acids is 1. The number of allylic oxidation sites excluding steroid dienone is 1. The van der Waals surface area contributed by atoms with E-state index < -0.39 is 0 Å². The molecule has 0 bridgehead atoms. The van der Waals surface area contributed by atoms with Gasteiger partial charge in [0.05, 0.1) is 6.54 Å². The van der Waals surface area contributed by atoms with E-state index in [-0.39, 0.29) is 10.5 Å². The van der Waals surface area contributed by atoms with Gasteiger partial charge in [0.1, 0.15) is 17.7 Å². The van der Waals surface area contributed by atoms with Crippen LogP contribution in [0, 0.1) is 0 Å². The zero-order chi connectivity index (χ0) is 14.9. The van der Waals surface area contributed by atoms with Gasteiger partial charge in [0.2, 0.25) is 6.34 Å². The van der Waals surface area contributed by atoms with Gasteiger partial charge >= 0.3 is 6.03 Å². The Morgan fingerprint density at radius 3 is 2.67 bits per heavy atom. The van der Waals surface area contributed by atoms with Crippen LogP contribution in [0.2, 0.25) is 0 Å². The van der Waals surface area contributed by atoms with E-state index in [1.165, 1.54) is 10.9 Å². The smallest absolute Gasteiger partial charge is 0.245 e. The Morgan fingerprint density at radius 1 is 1.29 bits per heavy atom. The highest BCUT2D eigenvalue weighted by atomic mass is 16.2. The number of hydrogen-bond donors (Lipinski definition) is 0. The molecule has 2 heterocycles. The molecular weight excluding hydrogens is 264 g/mol. The number of benzene rings is 1. The minimum atomic E-state index is -0.0674. The minimum absolute atomic E-state index is 0.0674. The maximum absolute atomic E-state index is 12.8. The van der Waals surface area contributed by atoms with Gasteiger partial charge in [-0.15, -0.1) is 0 Å². The molecule has 0 fully saturated rings. The molecule has 0 saturated heterocycles. The van der Waals surface area contributed by atoms with Crippen molar-refractivity contribution in [2.75, 3.05) is 6.54 Å². The maximum Gasteiger partial charge on any atom is 0.439 e. The van der Waals surface area contributed by atoms with Crippen molar-refractivity contribution in [3.05, 3.63) is 60.3 Å². The summed E-state index contributed by atoms with van der Waals surface area (Å²) >= 11 is 0. The van der Waals surface area contributed by atoms with Crippen LogP contribution in [0.25, 0.3) is 5.70 Å². The van der Waals surface area contributed by atoms with Crippen LogP contribution in [0.3, 0.4) is 0 Å². The summed E-state index contributed by atoms with van der Waals surface area (Å²) < 4.78 is 1.60. The number of hydrogen-bond acceptors (Lipinski definition) is 3. The fourth-order valence-corrected chi connectivity index (χ4v) is 2.63. The van der Waals surface area contributed by atoms with Crippen molar-refractivity contribution in [1.29, 1.82) is 0 Å². The summed E-state index contributed by atoms with van der Waals surface area (Å²) in [5.74, 6) is 0. The second kappa shape index (κ2) is 5.10. The largest absolute Gasteiger partial charge is 0.439 e. The zero-order valence-corrected chi connectivity index (χ0v) is 12.1. The lowest BCUT2D eigenvalue weighted by atomic mass is 10.1. The topological polar surface area (TPSA) is 47.2 Å². The van der Waals surface area contributed by atoms with E-state index in [9.17, 15) is 4.79 Å². The summed E-state index contributed by atoms with van der Waals surface area (Å²) in [6, 6.07) is 9.86. The van der Waals surface area contributed by atoms with E-state index in [1.807, 2.05) is 44.2 Å². The number of aromatic nitrogens is 2. The molecule has 0 radical (unpaired) electrons. The predicted molar refractivity (Wildman–Crippen MR) is 81.4 cm³/mol. The van der Waals surface area contributed by atoms with E-state index in [1.54, 1.807) is 18.7 Å². The highest BCUT2D eigenvalue weighted by molar-refractivity contribution is 5.87. The zero-order valence-electron chi connectivity index (χ0n) is 12.1. The third kappa shape index (κ3) is 2.02. The molecule has 21 heavy (non-hydrogen) atoms. The third-order valence-electron chi connectivity index (χ3n) is 3.94. The Hall–Kier alpha value is -2.53. The van der Waals surface area contributed by atoms with Crippen molar-refractivity contribution in [1.82, 2.24) is 9.55 Å². The molecule has 1 aliphatic rings. The molecule has 0 aliphatic carbocycles. The van der Waals surface area contributed by atoms with Gasteiger partial charge in [-0.25, -0.2) is 14.3 Å². The second-order valence-electron chi connectivity index (χ2n) is 4.98. The summed E-state index contributed by atoms with van der Waals surface area (Å²) in [5.41, 5.74) is 2.83. The SMILES string of the molecule is CC[N+]1(C(=O)n2ccnc2)C=NC(c2ccccc2)=C1C. The lowest BCUT2D eigenvalue weighted by Crippen LogP contribution is -2.50. The van der Waals surface area contributed by atoms with E-state index in [4.69, 9.17) is 0 Å². The average Bonchev–Trinajstić information content (AvgIpc) is 3.16. The van der Waals surface area contributed by atoms with Crippen LogP contribution >= 0.6 is 0 Å². The molecule has 1 aromatic heterocycles. The highest BCUT2D eigenvalue weighted by Gasteiger charge is 2.43. The first-order valence-electron chi connectivity index (χ1n) is 6.92.